The van der Waals surface area contributed by atoms with Crippen LogP contribution in [0.4, 0.5) is 0 Å². The van der Waals surface area contributed by atoms with Crippen molar-refractivity contribution in [3.8, 4) is 11.8 Å². The van der Waals surface area contributed by atoms with Crippen LogP contribution in [0.3, 0.4) is 0 Å². The first kappa shape index (κ1) is 13.1. The van der Waals surface area contributed by atoms with E-state index in [1.807, 2.05) is 0 Å². The number of hydrogen-bond donors (Lipinski definition) is 0. The Morgan fingerprint density at radius 1 is 1.05 bits per heavy atom. The first-order chi connectivity index (χ1) is 9.20. The number of benzene rings is 2. The van der Waals surface area contributed by atoms with Gasteiger partial charge in [0.2, 0.25) is 0 Å². The third-order valence-electron chi connectivity index (χ3n) is 2.50. The Labute approximate surface area is 116 Å². The number of rotatable bonds is 2. The van der Waals surface area contributed by atoms with Gasteiger partial charge >= 0.3 is 0 Å². The fraction of sp³-hybridized carbons (Fsp3) is 0. The Balaban J connectivity index is 2.39. The van der Waals surface area contributed by atoms with Gasteiger partial charge in [-0.3, -0.25) is 9.59 Å². The van der Waals surface area contributed by atoms with Crippen molar-refractivity contribution in [2.45, 2.75) is 0 Å². The van der Waals surface area contributed by atoms with E-state index in [-0.39, 0.29) is 0 Å². The van der Waals surface area contributed by atoms with E-state index < -0.39 is 5.24 Å². The minimum absolute atomic E-state index is 0.378. The smallest absolute Gasteiger partial charge is 0.253 e. The van der Waals surface area contributed by atoms with E-state index in [2.05, 4.69) is 11.8 Å². The highest BCUT2D eigenvalue weighted by atomic mass is 35.5. The Morgan fingerprint density at radius 3 is 2.58 bits per heavy atom. The van der Waals surface area contributed by atoms with Crippen LogP contribution >= 0.6 is 11.6 Å². The molecule has 0 spiro atoms. The van der Waals surface area contributed by atoms with Gasteiger partial charge in [-0.2, -0.15) is 0 Å². The van der Waals surface area contributed by atoms with Crippen molar-refractivity contribution in [1.82, 2.24) is 0 Å². The summed E-state index contributed by atoms with van der Waals surface area (Å²) in [6.45, 7) is 0. The lowest BCUT2D eigenvalue weighted by Crippen LogP contribution is -1.93. The Hall–Kier alpha value is -2.37. The molecule has 2 nitrogen and oxygen atoms in total. The highest BCUT2D eigenvalue weighted by molar-refractivity contribution is 6.68. The second-order valence-corrected chi connectivity index (χ2v) is 4.16. The van der Waals surface area contributed by atoms with Crippen LogP contribution in [0.2, 0.25) is 0 Å². The van der Waals surface area contributed by atoms with Crippen molar-refractivity contribution < 1.29 is 9.59 Å². The lowest BCUT2D eigenvalue weighted by molar-refractivity contribution is 0.108. The lowest BCUT2D eigenvalue weighted by atomic mass is 10.1. The average molecular weight is 269 g/mol. The van der Waals surface area contributed by atoms with E-state index in [0.717, 1.165) is 6.29 Å². The average Bonchev–Trinajstić information content (AvgIpc) is 2.45. The van der Waals surface area contributed by atoms with Crippen molar-refractivity contribution in [2.24, 2.45) is 0 Å². The van der Waals surface area contributed by atoms with E-state index >= 15 is 0 Å². The van der Waals surface area contributed by atoms with E-state index in [4.69, 9.17) is 11.6 Å². The molecule has 0 aliphatic carbocycles. The molecule has 0 aliphatic rings. The molecule has 0 saturated heterocycles. The molecule has 2 aromatic rings. The van der Waals surface area contributed by atoms with Gasteiger partial charge in [-0.1, -0.05) is 36.1 Å². The van der Waals surface area contributed by atoms with Gasteiger partial charge in [0.15, 0.2) is 0 Å². The minimum atomic E-state index is -0.536. The van der Waals surface area contributed by atoms with Crippen molar-refractivity contribution >= 4 is 23.1 Å². The molecule has 92 valence electrons. The van der Waals surface area contributed by atoms with E-state index in [9.17, 15) is 9.59 Å². The molecule has 0 amide bonds. The zero-order valence-electron chi connectivity index (χ0n) is 9.89. The monoisotopic (exact) mass is 268 g/mol. The van der Waals surface area contributed by atoms with E-state index in [0.29, 0.717) is 22.3 Å². The second kappa shape index (κ2) is 5.99. The van der Waals surface area contributed by atoms with Crippen molar-refractivity contribution in [3.05, 3.63) is 70.8 Å². The number of carbonyl (C=O) groups excluding carboxylic acids is 2. The summed E-state index contributed by atoms with van der Waals surface area (Å²) in [5, 5.41) is -0.536. The zero-order chi connectivity index (χ0) is 13.7. The third-order valence-corrected chi connectivity index (χ3v) is 2.71. The summed E-state index contributed by atoms with van der Waals surface area (Å²) in [6, 6.07) is 13.8. The summed E-state index contributed by atoms with van der Waals surface area (Å²) in [5.41, 5.74) is 2.22. The molecule has 3 heteroatoms. The summed E-state index contributed by atoms with van der Waals surface area (Å²) < 4.78 is 0. The molecule has 2 aromatic carbocycles. The molecule has 0 saturated carbocycles. The Morgan fingerprint density at radius 2 is 1.84 bits per heavy atom. The highest BCUT2D eigenvalue weighted by Gasteiger charge is 2.05. The van der Waals surface area contributed by atoms with Crippen LogP contribution < -0.4 is 0 Å². The molecule has 0 atom stereocenters. The fourth-order valence-corrected chi connectivity index (χ4v) is 1.76. The maximum absolute atomic E-state index is 11.2. The number of carbonyl (C=O) groups is 2. The van der Waals surface area contributed by atoms with Crippen LogP contribution in [-0.2, 0) is 0 Å². The molecule has 0 radical (unpaired) electrons. The topological polar surface area (TPSA) is 34.1 Å². The molecule has 0 unspecified atom stereocenters. The van der Waals surface area contributed by atoms with E-state index in [1.54, 1.807) is 48.5 Å². The van der Waals surface area contributed by atoms with E-state index in [1.165, 1.54) is 0 Å². The molecule has 0 heterocycles. The molecular weight excluding hydrogens is 260 g/mol. The largest absolute Gasteiger partial charge is 0.298 e. The van der Waals surface area contributed by atoms with Gasteiger partial charge in [0.25, 0.3) is 5.24 Å². The Bertz CT molecular complexity index is 693. The predicted molar refractivity (Wildman–Crippen MR) is 74.4 cm³/mol. The molecule has 2 rings (SSSR count). The summed E-state index contributed by atoms with van der Waals surface area (Å²) in [6.07, 6.45) is 0.765. The predicted octanol–water partition coefficient (Wildman–Crippen LogP) is 3.28. The van der Waals surface area contributed by atoms with Gasteiger partial charge in [0, 0.05) is 22.3 Å². The van der Waals surface area contributed by atoms with Gasteiger partial charge in [0.05, 0.1) is 0 Å². The van der Waals surface area contributed by atoms with Gasteiger partial charge in [-0.25, -0.2) is 0 Å². The molecule has 0 bridgehead atoms. The lowest BCUT2D eigenvalue weighted by Gasteiger charge is -1.97. The molecule has 19 heavy (non-hydrogen) atoms. The molecular formula is C16H9ClO2. The van der Waals surface area contributed by atoms with Gasteiger partial charge < -0.3 is 0 Å². The second-order valence-electron chi connectivity index (χ2n) is 3.81. The Kier molecular flexibility index (Phi) is 4.12. The van der Waals surface area contributed by atoms with Crippen LogP contribution in [0, 0.1) is 11.8 Å². The maximum atomic E-state index is 11.2. The maximum Gasteiger partial charge on any atom is 0.253 e. The molecule has 0 fully saturated rings. The first-order valence-corrected chi connectivity index (χ1v) is 5.94. The van der Waals surface area contributed by atoms with Crippen molar-refractivity contribution in [3.63, 3.8) is 0 Å². The van der Waals surface area contributed by atoms with Crippen molar-refractivity contribution in [2.75, 3.05) is 0 Å². The summed E-state index contributed by atoms with van der Waals surface area (Å²) in [5.74, 6) is 5.80. The zero-order valence-corrected chi connectivity index (χ0v) is 10.6. The number of halogens is 1. The van der Waals surface area contributed by atoms with Gasteiger partial charge in [0.1, 0.15) is 6.29 Å². The fourth-order valence-electron chi connectivity index (χ4n) is 1.59. The van der Waals surface area contributed by atoms with Gasteiger partial charge in [-0.15, -0.1) is 0 Å². The normalized spacial score (nSPS) is 9.32. The molecule has 0 N–H and O–H groups in total. The van der Waals surface area contributed by atoms with Crippen LogP contribution in [0.5, 0.6) is 0 Å². The summed E-state index contributed by atoms with van der Waals surface area (Å²) in [4.78, 5) is 21.9. The SMILES string of the molecule is O=Cc1cccc(C#Cc2ccccc2C(=O)Cl)c1. The summed E-state index contributed by atoms with van der Waals surface area (Å²) >= 11 is 5.48. The standard InChI is InChI=1S/C16H9ClO2/c17-16(19)15-7-2-1-6-14(15)9-8-12-4-3-5-13(10-12)11-18/h1-7,10-11H. The van der Waals surface area contributed by atoms with Crippen molar-refractivity contribution in [1.29, 1.82) is 0 Å². The number of hydrogen-bond acceptors (Lipinski definition) is 2. The minimum Gasteiger partial charge on any atom is -0.298 e. The first-order valence-electron chi connectivity index (χ1n) is 5.57. The number of aldehydes is 1. The summed E-state index contributed by atoms with van der Waals surface area (Å²) in [7, 11) is 0. The van der Waals surface area contributed by atoms with Crippen LogP contribution in [0.15, 0.2) is 48.5 Å². The van der Waals surface area contributed by atoms with Gasteiger partial charge in [-0.05, 0) is 35.9 Å². The van der Waals surface area contributed by atoms with Crippen LogP contribution in [0.1, 0.15) is 31.8 Å². The molecule has 0 aliphatic heterocycles. The van der Waals surface area contributed by atoms with Crippen LogP contribution in [-0.4, -0.2) is 11.5 Å². The quantitative estimate of drug-likeness (QED) is 0.476. The van der Waals surface area contributed by atoms with Crippen LogP contribution in [0.25, 0.3) is 0 Å². The molecule has 0 aromatic heterocycles. The third kappa shape index (κ3) is 3.31. The highest BCUT2D eigenvalue weighted by Crippen LogP contribution is 2.10.